The fraction of sp³-hybridized carbons (Fsp3) is 0.333. The second-order valence-electron chi connectivity index (χ2n) is 6.94. The van der Waals surface area contributed by atoms with Gasteiger partial charge in [0.15, 0.2) is 0 Å². The predicted octanol–water partition coefficient (Wildman–Crippen LogP) is 3.65. The van der Waals surface area contributed by atoms with E-state index in [2.05, 4.69) is 16.7 Å². The fourth-order valence-electron chi connectivity index (χ4n) is 3.33. The van der Waals surface area contributed by atoms with Crippen LogP contribution in [0, 0.1) is 13.8 Å². The Morgan fingerprint density at radius 1 is 1.12 bits per heavy atom. The highest BCUT2D eigenvalue weighted by atomic mass is 16.2. The van der Waals surface area contributed by atoms with E-state index in [9.17, 15) is 9.59 Å². The van der Waals surface area contributed by atoms with Crippen LogP contribution in [0.5, 0.6) is 0 Å². The van der Waals surface area contributed by atoms with Crippen LogP contribution >= 0.6 is 0 Å². The van der Waals surface area contributed by atoms with Gasteiger partial charge in [0.25, 0.3) is 0 Å². The number of hydrogen-bond acceptors (Lipinski definition) is 3. The minimum absolute atomic E-state index is 0.0608. The molecule has 5 nitrogen and oxygen atoms in total. The van der Waals surface area contributed by atoms with Crippen LogP contribution in [-0.2, 0) is 16.0 Å². The van der Waals surface area contributed by atoms with Crippen molar-refractivity contribution in [3.63, 3.8) is 0 Å². The Bertz CT molecular complexity index is 860. The number of rotatable bonds is 4. The monoisotopic (exact) mass is 351 g/mol. The van der Waals surface area contributed by atoms with E-state index in [1.807, 2.05) is 51.1 Å². The summed E-state index contributed by atoms with van der Waals surface area (Å²) in [5, 5.41) is 6.23. The highest BCUT2D eigenvalue weighted by Crippen LogP contribution is 2.30. The molecule has 3 rings (SSSR count). The van der Waals surface area contributed by atoms with Crippen LogP contribution in [0.4, 0.5) is 17.1 Å². The van der Waals surface area contributed by atoms with Gasteiger partial charge in [0.05, 0.1) is 0 Å². The van der Waals surface area contributed by atoms with E-state index in [0.29, 0.717) is 0 Å². The number of carbonyl (C=O) groups is 2. The first-order valence-electron chi connectivity index (χ1n) is 8.91. The molecule has 0 saturated carbocycles. The normalized spacial score (nSPS) is 13.9. The maximum atomic E-state index is 12.5. The van der Waals surface area contributed by atoms with Crippen molar-refractivity contribution in [2.45, 2.75) is 40.2 Å². The fourth-order valence-corrected chi connectivity index (χ4v) is 3.33. The van der Waals surface area contributed by atoms with Gasteiger partial charge in [-0.15, -0.1) is 0 Å². The number of amides is 2. The minimum atomic E-state index is -0.376. The summed E-state index contributed by atoms with van der Waals surface area (Å²) in [6, 6.07) is 11.5. The third-order valence-corrected chi connectivity index (χ3v) is 4.77. The van der Waals surface area contributed by atoms with Gasteiger partial charge < -0.3 is 15.5 Å². The summed E-state index contributed by atoms with van der Waals surface area (Å²) in [5.41, 5.74) is 6.04. The first-order valence-corrected chi connectivity index (χ1v) is 8.91. The quantitative estimate of drug-likeness (QED) is 0.884. The molecule has 2 amide bonds. The number of hydrogen-bond donors (Lipinski definition) is 2. The molecule has 1 aliphatic heterocycles. The summed E-state index contributed by atoms with van der Waals surface area (Å²) in [7, 11) is 0. The van der Waals surface area contributed by atoms with Crippen LogP contribution in [0.2, 0.25) is 0 Å². The topological polar surface area (TPSA) is 61.4 Å². The minimum Gasteiger partial charge on any atom is -0.374 e. The van der Waals surface area contributed by atoms with Gasteiger partial charge in [0, 0.05) is 30.5 Å². The van der Waals surface area contributed by atoms with Gasteiger partial charge in [0.2, 0.25) is 11.8 Å². The van der Waals surface area contributed by atoms with Crippen LogP contribution in [0.1, 0.15) is 30.5 Å². The molecule has 2 aromatic rings. The first-order chi connectivity index (χ1) is 12.3. The van der Waals surface area contributed by atoms with Crippen molar-refractivity contribution in [3.8, 4) is 0 Å². The van der Waals surface area contributed by atoms with E-state index in [-0.39, 0.29) is 17.9 Å². The van der Waals surface area contributed by atoms with Crippen molar-refractivity contribution >= 4 is 28.9 Å². The number of nitrogens with zero attached hydrogens (tertiary/aromatic N) is 1. The van der Waals surface area contributed by atoms with Gasteiger partial charge >= 0.3 is 0 Å². The van der Waals surface area contributed by atoms with Gasteiger partial charge in [-0.3, -0.25) is 9.59 Å². The molecule has 0 spiro atoms. The Kier molecular flexibility index (Phi) is 4.98. The molecule has 0 fully saturated rings. The summed E-state index contributed by atoms with van der Waals surface area (Å²) >= 11 is 0. The average molecular weight is 351 g/mol. The third kappa shape index (κ3) is 3.72. The number of anilines is 3. The lowest BCUT2D eigenvalue weighted by Gasteiger charge is -2.18. The molecule has 2 N–H and O–H groups in total. The maximum Gasteiger partial charge on any atom is 0.246 e. The predicted molar refractivity (Wildman–Crippen MR) is 106 cm³/mol. The van der Waals surface area contributed by atoms with Crippen LogP contribution < -0.4 is 15.5 Å². The molecule has 2 aromatic carbocycles. The maximum absolute atomic E-state index is 12.5. The molecule has 0 saturated heterocycles. The van der Waals surface area contributed by atoms with E-state index >= 15 is 0 Å². The molecular weight excluding hydrogens is 326 g/mol. The van der Waals surface area contributed by atoms with Crippen molar-refractivity contribution in [3.05, 3.63) is 53.1 Å². The van der Waals surface area contributed by atoms with Crippen molar-refractivity contribution < 1.29 is 9.59 Å². The lowest BCUT2D eigenvalue weighted by atomic mass is 10.1. The lowest BCUT2D eigenvalue weighted by Crippen LogP contribution is -2.32. The van der Waals surface area contributed by atoms with Crippen molar-refractivity contribution in [1.29, 1.82) is 0 Å². The van der Waals surface area contributed by atoms with Crippen molar-refractivity contribution in [2.24, 2.45) is 0 Å². The SMILES string of the molecule is CC(=O)N1CCc2cc(NC(C)C(=O)Nc3ccc(C)cc3C)ccc21. The number of nitrogens with one attached hydrogen (secondary N) is 2. The molecule has 0 aromatic heterocycles. The first kappa shape index (κ1) is 18.0. The summed E-state index contributed by atoms with van der Waals surface area (Å²) in [5.74, 6) is -0.0199. The average Bonchev–Trinajstić information content (AvgIpc) is 3.00. The van der Waals surface area contributed by atoms with Crippen LogP contribution in [0.25, 0.3) is 0 Å². The number of fused-ring (bicyclic) bond motifs is 1. The molecule has 1 atom stereocenters. The molecule has 5 heteroatoms. The molecule has 1 heterocycles. The van der Waals surface area contributed by atoms with Crippen molar-refractivity contribution in [1.82, 2.24) is 0 Å². The Morgan fingerprint density at radius 2 is 1.88 bits per heavy atom. The molecule has 136 valence electrons. The molecule has 26 heavy (non-hydrogen) atoms. The number of aryl methyl sites for hydroxylation is 2. The van der Waals surface area contributed by atoms with Crippen LogP contribution in [0.15, 0.2) is 36.4 Å². The van der Waals surface area contributed by atoms with E-state index < -0.39 is 0 Å². The van der Waals surface area contributed by atoms with Crippen molar-refractivity contribution in [2.75, 3.05) is 22.1 Å². The summed E-state index contributed by atoms with van der Waals surface area (Å²) < 4.78 is 0. The number of carbonyl (C=O) groups excluding carboxylic acids is 2. The number of benzene rings is 2. The van der Waals surface area contributed by atoms with Gasteiger partial charge in [-0.2, -0.15) is 0 Å². The van der Waals surface area contributed by atoms with Gasteiger partial charge in [-0.25, -0.2) is 0 Å². The lowest BCUT2D eigenvalue weighted by molar-refractivity contribution is -0.117. The summed E-state index contributed by atoms with van der Waals surface area (Å²) in [6.45, 7) is 8.16. The molecular formula is C21H25N3O2. The molecule has 0 radical (unpaired) electrons. The molecule has 0 aliphatic carbocycles. The van der Waals surface area contributed by atoms with Crippen LogP contribution in [-0.4, -0.2) is 24.4 Å². The Hall–Kier alpha value is -2.82. The van der Waals surface area contributed by atoms with E-state index in [0.717, 1.165) is 41.2 Å². The van der Waals surface area contributed by atoms with Gasteiger partial charge in [-0.1, -0.05) is 17.7 Å². The standard InChI is InChI=1S/C21H25N3O2/c1-13-5-7-19(14(2)11-13)23-21(26)15(3)22-18-6-8-20-17(12-18)9-10-24(20)16(4)25/h5-8,11-12,15,22H,9-10H2,1-4H3,(H,23,26). The zero-order chi connectivity index (χ0) is 18.8. The Morgan fingerprint density at radius 3 is 2.58 bits per heavy atom. The summed E-state index contributed by atoms with van der Waals surface area (Å²) in [6.07, 6.45) is 0.841. The highest BCUT2D eigenvalue weighted by molar-refractivity contribution is 5.97. The Labute approximate surface area is 154 Å². The molecule has 1 unspecified atom stereocenters. The Balaban J connectivity index is 1.67. The second-order valence-corrected chi connectivity index (χ2v) is 6.94. The molecule has 1 aliphatic rings. The van der Waals surface area contributed by atoms with Gasteiger partial charge in [-0.05, 0) is 62.6 Å². The van der Waals surface area contributed by atoms with E-state index in [1.165, 1.54) is 5.56 Å². The largest absolute Gasteiger partial charge is 0.374 e. The van der Waals surface area contributed by atoms with E-state index in [4.69, 9.17) is 0 Å². The molecule has 0 bridgehead atoms. The van der Waals surface area contributed by atoms with Gasteiger partial charge in [0.1, 0.15) is 6.04 Å². The zero-order valence-corrected chi connectivity index (χ0v) is 15.7. The highest BCUT2D eigenvalue weighted by Gasteiger charge is 2.22. The van der Waals surface area contributed by atoms with E-state index in [1.54, 1.807) is 11.8 Å². The van der Waals surface area contributed by atoms with Crippen LogP contribution in [0.3, 0.4) is 0 Å². The third-order valence-electron chi connectivity index (χ3n) is 4.77. The summed E-state index contributed by atoms with van der Waals surface area (Å²) in [4.78, 5) is 25.9. The smallest absolute Gasteiger partial charge is 0.246 e. The zero-order valence-electron chi connectivity index (χ0n) is 15.7. The second kappa shape index (κ2) is 7.20.